The molecule has 0 saturated carbocycles. The highest BCUT2D eigenvalue weighted by molar-refractivity contribution is 6.28. The van der Waals surface area contributed by atoms with Crippen LogP contribution in [0.3, 0.4) is 0 Å². The Morgan fingerprint density at radius 1 is 1.26 bits per heavy atom. The number of aryl methyl sites for hydroxylation is 1. The summed E-state index contributed by atoms with van der Waals surface area (Å²) in [5.74, 6) is -1.04. The van der Waals surface area contributed by atoms with Crippen LogP contribution in [0, 0.1) is 5.82 Å². The Morgan fingerprint density at radius 2 is 2.00 bits per heavy atom. The molecule has 0 aliphatic heterocycles. The zero-order valence-corrected chi connectivity index (χ0v) is 14.5. The molecule has 0 aliphatic rings. The molecule has 0 amide bonds. The van der Waals surface area contributed by atoms with Crippen molar-refractivity contribution in [1.29, 1.82) is 0 Å². The number of benzene rings is 1. The minimum atomic E-state index is -4.61. The number of nitrogens with one attached hydrogen (secondary N) is 1. The fraction of sp³-hybridized carbons (Fsp3) is 0.188. The summed E-state index contributed by atoms with van der Waals surface area (Å²) in [6.45, 7) is 0.0898. The number of rotatable bonds is 4. The number of halogens is 5. The molecule has 2 aromatic heterocycles. The van der Waals surface area contributed by atoms with E-state index in [4.69, 9.17) is 11.6 Å². The van der Waals surface area contributed by atoms with Gasteiger partial charge in [0.25, 0.3) is 0 Å². The average molecular weight is 402 g/mol. The summed E-state index contributed by atoms with van der Waals surface area (Å²) < 4.78 is 53.8. The Hall–Kier alpha value is -2.88. The van der Waals surface area contributed by atoms with Crippen LogP contribution >= 0.6 is 11.6 Å². The highest BCUT2D eigenvalue weighted by Crippen LogP contribution is 2.31. The molecule has 0 bridgehead atoms. The van der Waals surface area contributed by atoms with E-state index in [1.807, 2.05) is 0 Å². The second kappa shape index (κ2) is 7.03. The van der Waals surface area contributed by atoms with Gasteiger partial charge in [0, 0.05) is 19.8 Å². The normalized spacial score (nSPS) is 11.6. The Balaban J connectivity index is 1.82. The molecule has 11 heteroatoms. The lowest BCUT2D eigenvalue weighted by Gasteiger charge is -2.09. The van der Waals surface area contributed by atoms with E-state index in [0.29, 0.717) is 5.56 Å². The summed E-state index contributed by atoms with van der Waals surface area (Å²) in [6.07, 6.45) is -2.70. The van der Waals surface area contributed by atoms with E-state index in [2.05, 4.69) is 20.3 Å². The van der Waals surface area contributed by atoms with Crippen LogP contribution in [0.2, 0.25) is 5.28 Å². The second-order valence-corrected chi connectivity index (χ2v) is 5.94. The van der Waals surface area contributed by atoms with Gasteiger partial charge in [-0.2, -0.15) is 18.2 Å². The third kappa shape index (κ3) is 4.11. The maximum atomic E-state index is 14.4. The van der Waals surface area contributed by atoms with Crippen LogP contribution in [0.5, 0.6) is 5.75 Å². The van der Waals surface area contributed by atoms with Crippen molar-refractivity contribution in [3.63, 3.8) is 0 Å². The second-order valence-electron chi connectivity index (χ2n) is 5.60. The molecule has 2 heterocycles. The van der Waals surface area contributed by atoms with E-state index in [1.165, 1.54) is 19.2 Å². The average Bonchev–Trinajstić information content (AvgIpc) is 2.98. The maximum absolute atomic E-state index is 14.4. The number of hydrogen-bond donors (Lipinski definition) is 2. The number of anilines is 1. The first-order valence-corrected chi connectivity index (χ1v) is 7.87. The molecule has 0 spiro atoms. The van der Waals surface area contributed by atoms with Crippen molar-refractivity contribution >= 4 is 17.4 Å². The van der Waals surface area contributed by atoms with Crippen LogP contribution in [0.1, 0.15) is 11.3 Å². The lowest BCUT2D eigenvalue weighted by Crippen LogP contribution is -2.05. The van der Waals surface area contributed by atoms with Crippen molar-refractivity contribution in [2.24, 2.45) is 7.05 Å². The molecule has 0 fully saturated rings. The number of imidazole rings is 1. The first-order valence-electron chi connectivity index (χ1n) is 7.50. The van der Waals surface area contributed by atoms with Crippen molar-refractivity contribution in [2.75, 3.05) is 5.32 Å². The minimum absolute atomic E-state index is 0.0651. The maximum Gasteiger partial charge on any atom is 0.434 e. The van der Waals surface area contributed by atoms with Gasteiger partial charge >= 0.3 is 6.18 Å². The molecular formula is C16H12ClF4N5O. The molecular weight excluding hydrogens is 390 g/mol. The molecule has 0 atom stereocenters. The van der Waals surface area contributed by atoms with Crippen molar-refractivity contribution < 1.29 is 22.7 Å². The molecule has 0 aliphatic carbocycles. The Bertz CT molecular complexity index is 989. The van der Waals surface area contributed by atoms with Gasteiger partial charge in [0.1, 0.15) is 11.6 Å². The first-order chi connectivity index (χ1) is 12.6. The lowest BCUT2D eigenvalue weighted by molar-refractivity contribution is -0.140. The van der Waals surface area contributed by atoms with Gasteiger partial charge in [0.2, 0.25) is 5.28 Å². The van der Waals surface area contributed by atoms with E-state index in [1.54, 1.807) is 0 Å². The largest absolute Gasteiger partial charge is 0.503 e. The molecule has 0 unspecified atom stereocenters. The van der Waals surface area contributed by atoms with Crippen molar-refractivity contribution in [3.8, 4) is 17.1 Å². The fourth-order valence-electron chi connectivity index (χ4n) is 2.37. The molecule has 3 aromatic rings. The van der Waals surface area contributed by atoms with Gasteiger partial charge in [-0.15, -0.1) is 0 Å². The molecule has 3 rings (SSSR count). The van der Waals surface area contributed by atoms with Crippen LogP contribution in [-0.4, -0.2) is 24.6 Å². The van der Waals surface area contributed by atoms with Gasteiger partial charge in [-0.25, -0.2) is 14.4 Å². The Morgan fingerprint density at radius 3 is 2.63 bits per heavy atom. The number of aromatic nitrogens is 4. The molecule has 0 radical (unpaired) electrons. The minimum Gasteiger partial charge on any atom is -0.503 e. The number of hydrogen-bond acceptors (Lipinski definition) is 5. The van der Waals surface area contributed by atoms with Crippen molar-refractivity contribution in [1.82, 2.24) is 19.5 Å². The third-order valence-corrected chi connectivity index (χ3v) is 3.82. The predicted molar refractivity (Wildman–Crippen MR) is 89.6 cm³/mol. The van der Waals surface area contributed by atoms with Crippen LogP contribution in [0.4, 0.5) is 23.4 Å². The van der Waals surface area contributed by atoms with E-state index in [-0.39, 0.29) is 34.8 Å². The summed E-state index contributed by atoms with van der Waals surface area (Å²) in [5, 5.41) is 12.3. The molecule has 142 valence electrons. The van der Waals surface area contributed by atoms with Crippen LogP contribution < -0.4 is 5.32 Å². The standard InChI is InChI=1S/C16H12ClF4N5O/c1-26-7-12(16(19,20)21)24-14(26)9-3-2-8(4-10(9)18)5-22-13-11(27)6-23-15(17)25-13/h2-4,6-7,27H,5H2,1H3,(H,22,23,25). The summed E-state index contributed by atoms with van der Waals surface area (Å²) in [5.41, 5.74) is -0.693. The number of alkyl halides is 3. The quantitative estimate of drug-likeness (QED) is 0.510. The van der Waals surface area contributed by atoms with E-state index >= 15 is 0 Å². The highest BCUT2D eigenvalue weighted by atomic mass is 35.5. The first kappa shape index (κ1) is 18.9. The van der Waals surface area contributed by atoms with Gasteiger partial charge in [0.15, 0.2) is 17.3 Å². The molecule has 1 aromatic carbocycles. The summed E-state index contributed by atoms with van der Waals surface area (Å²) in [4.78, 5) is 10.9. The zero-order chi connectivity index (χ0) is 19.8. The van der Waals surface area contributed by atoms with Crippen LogP contribution in [0.15, 0.2) is 30.6 Å². The Kier molecular flexibility index (Phi) is 4.92. The molecule has 2 N–H and O–H groups in total. The zero-order valence-electron chi connectivity index (χ0n) is 13.7. The topological polar surface area (TPSA) is 75.9 Å². The molecule has 27 heavy (non-hydrogen) atoms. The smallest absolute Gasteiger partial charge is 0.434 e. The lowest BCUT2D eigenvalue weighted by atomic mass is 10.1. The Labute approximate surface area is 155 Å². The molecule has 6 nitrogen and oxygen atoms in total. The van der Waals surface area contributed by atoms with Crippen molar-refractivity contribution in [3.05, 3.63) is 53.0 Å². The summed E-state index contributed by atoms with van der Waals surface area (Å²) in [7, 11) is 1.36. The monoisotopic (exact) mass is 401 g/mol. The van der Waals surface area contributed by atoms with Gasteiger partial charge in [0.05, 0.1) is 11.8 Å². The van der Waals surface area contributed by atoms with Gasteiger partial charge in [-0.05, 0) is 29.3 Å². The van der Waals surface area contributed by atoms with Gasteiger partial charge < -0.3 is 15.0 Å². The van der Waals surface area contributed by atoms with Gasteiger partial charge in [-0.3, -0.25) is 0 Å². The SMILES string of the molecule is Cn1cc(C(F)(F)F)nc1-c1ccc(CNc2nc(Cl)ncc2O)cc1F. The number of nitrogens with zero attached hydrogens (tertiary/aromatic N) is 4. The van der Waals surface area contributed by atoms with Crippen LogP contribution in [0.25, 0.3) is 11.4 Å². The van der Waals surface area contributed by atoms with Gasteiger partial charge in [-0.1, -0.05) is 6.07 Å². The summed E-state index contributed by atoms with van der Waals surface area (Å²) >= 11 is 5.64. The highest BCUT2D eigenvalue weighted by Gasteiger charge is 2.34. The van der Waals surface area contributed by atoms with Crippen LogP contribution in [-0.2, 0) is 19.8 Å². The predicted octanol–water partition coefficient (Wildman–Crippen LogP) is 4.01. The third-order valence-electron chi connectivity index (χ3n) is 3.64. The number of aromatic hydroxyl groups is 1. The summed E-state index contributed by atoms with van der Waals surface area (Å²) in [6, 6.07) is 4.01. The van der Waals surface area contributed by atoms with E-state index in [0.717, 1.165) is 23.0 Å². The molecule has 0 saturated heterocycles. The van der Waals surface area contributed by atoms with E-state index < -0.39 is 17.7 Å². The fourth-order valence-corrected chi connectivity index (χ4v) is 2.51. The van der Waals surface area contributed by atoms with E-state index in [9.17, 15) is 22.7 Å². The van der Waals surface area contributed by atoms with Crippen molar-refractivity contribution in [2.45, 2.75) is 12.7 Å².